The second-order valence-corrected chi connectivity index (χ2v) is 2.37. The fraction of sp³-hybridized carbons (Fsp3) is 1.00. The van der Waals surface area contributed by atoms with Gasteiger partial charge in [-0.15, -0.1) is 0 Å². The molecule has 0 heterocycles. The first-order valence-corrected chi connectivity index (χ1v) is 2.71. The Morgan fingerprint density at radius 1 is 1.44 bits per heavy atom. The Hall–Kier alpha value is 0.542. The SMILES string of the molecule is C[N+](C)([O-])CCCO.[Re]. The average molecular weight is 305 g/mol. The Kier molecular flexibility index (Phi) is 7.26. The molecular weight excluding hydrogens is 292 g/mol. The van der Waals surface area contributed by atoms with Crippen molar-refractivity contribution in [2.24, 2.45) is 0 Å². The predicted molar refractivity (Wildman–Crippen MR) is 32.0 cm³/mol. The standard InChI is InChI=1S/C5H13NO2.Re/c1-6(2,8)4-3-5-7;/h7H,3-5H2,1-2H3;. The number of aliphatic hydroxyl groups is 1. The number of hydrogen-bond acceptors (Lipinski definition) is 2. The first-order chi connectivity index (χ1) is 3.56. The van der Waals surface area contributed by atoms with Crippen LogP contribution in [0.1, 0.15) is 6.42 Å². The molecular formula is C5H13NO2Re. The summed E-state index contributed by atoms with van der Waals surface area (Å²) in [4.78, 5) is 0. The van der Waals surface area contributed by atoms with Gasteiger partial charge in [0.2, 0.25) is 0 Å². The molecule has 0 saturated heterocycles. The maximum Gasteiger partial charge on any atom is 0.0802 e. The molecule has 1 N–H and O–H groups in total. The molecule has 3 nitrogen and oxygen atoms in total. The van der Waals surface area contributed by atoms with E-state index in [1.165, 1.54) is 0 Å². The van der Waals surface area contributed by atoms with Gasteiger partial charge in [-0.3, -0.25) is 0 Å². The van der Waals surface area contributed by atoms with E-state index in [0.717, 1.165) is 0 Å². The van der Waals surface area contributed by atoms with Gasteiger partial charge < -0.3 is 15.0 Å². The number of quaternary nitrogens is 1. The Morgan fingerprint density at radius 2 is 1.89 bits per heavy atom. The molecule has 1 radical (unpaired) electrons. The van der Waals surface area contributed by atoms with Crippen LogP contribution in [0.25, 0.3) is 0 Å². The molecule has 0 aromatic carbocycles. The van der Waals surface area contributed by atoms with Crippen molar-refractivity contribution >= 4 is 0 Å². The third-order valence-electron chi connectivity index (χ3n) is 0.855. The molecule has 0 unspecified atom stereocenters. The van der Waals surface area contributed by atoms with Crippen molar-refractivity contribution < 1.29 is 30.2 Å². The topological polar surface area (TPSA) is 43.3 Å². The van der Waals surface area contributed by atoms with E-state index >= 15 is 0 Å². The van der Waals surface area contributed by atoms with Crippen molar-refractivity contribution in [3.05, 3.63) is 5.21 Å². The fourth-order valence-electron chi connectivity index (χ4n) is 0.451. The van der Waals surface area contributed by atoms with E-state index in [0.29, 0.717) is 13.0 Å². The summed E-state index contributed by atoms with van der Waals surface area (Å²) < 4.78 is -0.305. The van der Waals surface area contributed by atoms with E-state index in [2.05, 4.69) is 0 Å². The molecule has 0 aromatic heterocycles. The van der Waals surface area contributed by atoms with Crippen molar-refractivity contribution in [2.45, 2.75) is 6.42 Å². The first kappa shape index (κ1) is 12.2. The summed E-state index contributed by atoms with van der Waals surface area (Å²) in [6, 6.07) is 0. The van der Waals surface area contributed by atoms with Crippen molar-refractivity contribution in [3.8, 4) is 0 Å². The smallest absolute Gasteiger partial charge is 0.0802 e. The molecule has 0 aliphatic heterocycles. The first-order valence-electron chi connectivity index (χ1n) is 2.71. The second kappa shape index (κ2) is 5.34. The Labute approximate surface area is 69.5 Å². The number of hydroxylamine groups is 3. The Morgan fingerprint density at radius 3 is 2.00 bits per heavy atom. The van der Waals surface area contributed by atoms with Gasteiger partial charge in [0.15, 0.2) is 0 Å². The van der Waals surface area contributed by atoms with Crippen LogP contribution in [-0.2, 0) is 20.4 Å². The minimum atomic E-state index is -0.305. The average Bonchev–Trinajstić information content (AvgIpc) is 1.59. The van der Waals surface area contributed by atoms with Gasteiger partial charge in [0.1, 0.15) is 0 Å². The van der Waals surface area contributed by atoms with Gasteiger partial charge in [-0.25, -0.2) is 0 Å². The monoisotopic (exact) mass is 306 g/mol. The maximum atomic E-state index is 10.7. The second-order valence-electron chi connectivity index (χ2n) is 2.37. The van der Waals surface area contributed by atoms with Crippen molar-refractivity contribution in [2.75, 3.05) is 27.2 Å². The van der Waals surface area contributed by atoms with Gasteiger partial charge >= 0.3 is 0 Å². The summed E-state index contributed by atoms with van der Waals surface area (Å²) in [6.45, 7) is 0.612. The predicted octanol–water partition coefficient (Wildman–Crippen LogP) is -0.0595. The maximum absolute atomic E-state index is 10.7. The van der Waals surface area contributed by atoms with Crippen LogP contribution in [0.5, 0.6) is 0 Å². The normalized spacial score (nSPS) is 10.7. The van der Waals surface area contributed by atoms with Gasteiger partial charge in [0.05, 0.1) is 20.6 Å². The molecule has 0 rings (SSSR count). The van der Waals surface area contributed by atoms with Crippen LogP contribution in [0.2, 0.25) is 0 Å². The molecule has 9 heavy (non-hydrogen) atoms. The summed E-state index contributed by atoms with van der Waals surface area (Å²) in [7, 11) is 3.13. The van der Waals surface area contributed by atoms with Crippen molar-refractivity contribution in [3.63, 3.8) is 0 Å². The van der Waals surface area contributed by atoms with E-state index < -0.39 is 0 Å². The van der Waals surface area contributed by atoms with E-state index in [4.69, 9.17) is 5.11 Å². The summed E-state index contributed by atoms with van der Waals surface area (Å²) in [6.07, 6.45) is 0.594. The number of aliphatic hydroxyl groups excluding tert-OH is 1. The molecule has 0 aromatic rings. The third kappa shape index (κ3) is 11.9. The molecule has 0 aliphatic carbocycles. The van der Waals surface area contributed by atoms with Crippen LogP contribution < -0.4 is 0 Å². The zero-order valence-corrected chi connectivity index (χ0v) is 8.52. The molecule has 0 fully saturated rings. The van der Waals surface area contributed by atoms with E-state index in [-0.39, 0.29) is 31.7 Å². The number of hydrogen-bond donors (Lipinski definition) is 1. The minimum absolute atomic E-state index is 0. The zero-order valence-electron chi connectivity index (χ0n) is 5.80. The summed E-state index contributed by atoms with van der Waals surface area (Å²) in [5.41, 5.74) is 0. The minimum Gasteiger partial charge on any atom is -0.633 e. The molecule has 4 heteroatoms. The van der Waals surface area contributed by atoms with Gasteiger partial charge in [-0.05, 0) is 0 Å². The number of rotatable bonds is 3. The van der Waals surface area contributed by atoms with Crippen LogP contribution in [0, 0.1) is 5.21 Å². The summed E-state index contributed by atoms with van der Waals surface area (Å²) in [5, 5.41) is 19.0. The van der Waals surface area contributed by atoms with Gasteiger partial charge in [0, 0.05) is 33.5 Å². The van der Waals surface area contributed by atoms with Crippen molar-refractivity contribution in [1.29, 1.82) is 0 Å². The Bertz CT molecular complexity index is 62.5. The van der Waals surface area contributed by atoms with E-state index in [9.17, 15) is 5.21 Å². The van der Waals surface area contributed by atoms with Crippen LogP contribution >= 0.6 is 0 Å². The molecule has 0 bridgehead atoms. The van der Waals surface area contributed by atoms with Gasteiger partial charge in [-0.2, -0.15) is 0 Å². The largest absolute Gasteiger partial charge is 0.633 e. The fourth-order valence-corrected chi connectivity index (χ4v) is 0.451. The summed E-state index contributed by atoms with van der Waals surface area (Å²) >= 11 is 0. The molecule has 0 saturated carbocycles. The van der Waals surface area contributed by atoms with Crippen LogP contribution in [0.3, 0.4) is 0 Å². The van der Waals surface area contributed by atoms with Crippen molar-refractivity contribution in [1.82, 2.24) is 0 Å². The zero-order chi connectivity index (χ0) is 6.62. The molecule has 0 amide bonds. The Balaban J connectivity index is 0. The van der Waals surface area contributed by atoms with Crippen LogP contribution in [0.15, 0.2) is 0 Å². The van der Waals surface area contributed by atoms with E-state index in [1.807, 2.05) is 0 Å². The van der Waals surface area contributed by atoms with E-state index in [1.54, 1.807) is 14.1 Å². The van der Waals surface area contributed by atoms with Gasteiger partial charge in [-0.1, -0.05) is 0 Å². The summed E-state index contributed by atoms with van der Waals surface area (Å²) in [5.74, 6) is 0. The third-order valence-corrected chi connectivity index (χ3v) is 0.855. The molecule has 0 spiro atoms. The van der Waals surface area contributed by atoms with Crippen LogP contribution in [0.4, 0.5) is 0 Å². The molecule has 0 atom stereocenters. The molecule has 0 aliphatic rings. The van der Waals surface area contributed by atoms with Gasteiger partial charge in [0.25, 0.3) is 0 Å². The quantitative estimate of drug-likeness (QED) is 0.586. The van der Waals surface area contributed by atoms with Crippen LogP contribution in [-0.4, -0.2) is 37.0 Å². The number of nitrogens with zero attached hydrogens (tertiary/aromatic N) is 1. The molecule has 57 valence electrons.